The normalized spacial score (nSPS) is 13.1. The van der Waals surface area contributed by atoms with Gasteiger partial charge in [0.2, 0.25) is 11.8 Å². The Morgan fingerprint density at radius 2 is 2.03 bits per heavy atom. The Kier molecular flexibility index (Phi) is 6.34. The number of ether oxygens (including phenoxy) is 1. The number of aryl methyl sites for hydroxylation is 1. The number of hydrogen-bond acceptors (Lipinski definition) is 7. The zero-order valence-corrected chi connectivity index (χ0v) is 18.3. The second-order valence-electron chi connectivity index (χ2n) is 7.60. The van der Waals surface area contributed by atoms with Crippen molar-refractivity contribution in [3.05, 3.63) is 72.7 Å². The van der Waals surface area contributed by atoms with Crippen LogP contribution in [0.3, 0.4) is 0 Å². The lowest BCUT2D eigenvalue weighted by molar-refractivity contribution is 0.393. The SMILES string of the molecule is C=C(CCc1nnc2n1C(=C)c1[nH]cnc1N2CCCCC)O/C(=N\N)c1ccccc1. The van der Waals surface area contributed by atoms with Crippen LogP contribution in [0.15, 0.2) is 60.7 Å². The first-order valence-electron chi connectivity index (χ1n) is 10.8. The van der Waals surface area contributed by atoms with Crippen molar-refractivity contribution in [1.29, 1.82) is 0 Å². The fourth-order valence-electron chi connectivity index (χ4n) is 3.74. The molecule has 3 heterocycles. The number of aromatic nitrogens is 5. The minimum atomic E-state index is 0.326. The van der Waals surface area contributed by atoms with Crippen LogP contribution in [0.4, 0.5) is 11.8 Å². The first kappa shape index (κ1) is 21.4. The number of unbranched alkanes of at least 4 members (excludes halogenated alkanes) is 2. The zero-order chi connectivity index (χ0) is 22.5. The highest BCUT2D eigenvalue weighted by atomic mass is 16.5. The van der Waals surface area contributed by atoms with Crippen molar-refractivity contribution in [2.24, 2.45) is 10.9 Å². The summed E-state index contributed by atoms with van der Waals surface area (Å²) in [5, 5.41) is 12.7. The number of anilines is 2. The van der Waals surface area contributed by atoms with Crippen molar-refractivity contribution < 1.29 is 4.74 Å². The topological polar surface area (TPSA) is 110 Å². The fourth-order valence-corrected chi connectivity index (χ4v) is 3.74. The van der Waals surface area contributed by atoms with Crippen molar-refractivity contribution >= 4 is 23.4 Å². The first-order chi connectivity index (χ1) is 15.6. The van der Waals surface area contributed by atoms with Gasteiger partial charge in [-0.1, -0.05) is 51.1 Å². The highest BCUT2D eigenvalue weighted by Crippen LogP contribution is 2.37. The number of nitrogens with one attached hydrogen (secondary N) is 1. The number of nitrogens with two attached hydrogens (primary N) is 1. The molecule has 1 aliphatic heterocycles. The van der Waals surface area contributed by atoms with Gasteiger partial charge in [0.15, 0.2) is 5.82 Å². The Morgan fingerprint density at radius 3 is 2.78 bits per heavy atom. The van der Waals surface area contributed by atoms with Crippen LogP contribution in [0.5, 0.6) is 0 Å². The van der Waals surface area contributed by atoms with E-state index in [9.17, 15) is 0 Å². The molecule has 3 N–H and O–H groups in total. The summed E-state index contributed by atoms with van der Waals surface area (Å²) < 4.78 is 7.79. The van der Waals surface area contributed by atoms with E-state index in [2.05, 4.69) is 50.2 Å². The van der Waals surface area contributed by atoms with Crippen molar-refractivity contribution in [1.82, 2.24) is 24.7 Å². The van der Waals surface area contributed by atoms with Crippen molar-refractivity contribution in [2.75, 3.05) is 11.4 Å². The molecular weight excluding hydrogens is 404 g/mol. The molecule has 1 aliphatic rings. The summed E-state index contributed by atoms with van der Waals surface area (Å²) in [4.78, 5) is 9.80. The number of imidazole rings is 1. The molecule has 2 aromatic heterocycles. The third kappa shape index (κ3) is 4.14. The molecule has 0 atom stereocenters. The van der Waals surface area contributed by atoms with Gasteiger partial charge in [-0.15, -0.1) is 15.3 Å². The van der Waals surface area contributed by atoms with Crippen LogP contribution in [-0.4, -0.2) is 37.2 Å². The van der Waals surface area contributed by atoms with E-state index in [1.807, 2.05) is 34.9 Å². The van der Waals surface area contributed by atoms with Crippen LogP contribution in [0.1, 0.15) is 49.7 Å². The highest BCUT2D eigenvalue weighted by Gasteiger charge is 2.31. The maximum Gasteiger partial charge on any atom is 0.242 e. The van der Waals surface area contributed by atoms with Crippen LogP contribution in [0.25, 0.3) is 5.70 Å². The van der Waals surface area contributed by atoms with E-state index in [1.54, 1.807) is 6.33 Å². The van der Waals surface area contributed by atoms with Gasteiger partial charge in [0.1, 0.15) is 11.5 Å². The lowest BCUT2D eigenvalue weighted by atomic mass is 10.2. The molecule has 4 rings (SSSR count). The van der Waals surface area contributed by atoms with Crippen LogP contribution in [0, 0.1) is 0 Å². The molecular formula is C23H28N8O. The quantitative estimate of drug-likeness (QED) is 0.132. The van der Waals surface area contributed by atoms with Gasteiger partial charge in [0.25, 0.3) is 0 Å². The number of allylic oxidation sites excluding steroid dienone is 1. The van der Waals surface area contributed by atoms with E-state index >= 15 is 0 Å². The number of hydrogen-bond donors (Lipinski definition) is 2. The van der Waals surface area contributed by atoms with E-state index in [-0.39, 0.29) is 0 Å². The predicted molar refractivity (Wildman–Crippen MR) is 125 cm³/mol. The molecule has 0 saturated heterocycles. The van der Waals surface area contributed by atoms with Gasteiger partial charge in [-0.3, -0.25) is 9.47 Å². The average molecular weight is 433 g/mol. The minimum Gasteiger partial charge on any atom is -0.442 e. The molecule has 9 nitrogen and oxygen atoms in total. The average Bonchev–Trinajstić information content (AvgIpc) is 3.47. The van der Waals surface area contributed by atoms with Crippen molar-refractivity contribution in [3.8, 4) is 0 Å². The van der Waals surface area contributed by atoms with Gasteiger partial charge < -0.3 is 15.6 Å². The molecule has 166 valence electrons. The van der Waals surface area contributed by atoms with Gasteiger partial charge >= 0.3 is 0 Å². The molecule has 0 spiro atoms. The van der Waals surface area contributed by atoms with E-state index in [0.717, 1.165) is 60.4 Å². The van der Waals surface area contributed by atoms with E-state index in [1.165, 1.54) is 0 Å². The van der Waals surface area contributed by atoms with Gasteiger partial charge in [-0.25, -0.2) is 4.98 Å². The molecule has 3 aromatic rings. The summed E-state index contributed by atoms with van der Waals surface area (Å²) in [7, 11) is 0. The maximum atomic E-state index is 5.81. The summed E-state index contributed by atoms with van der Waals surface area (Å²) in [6.07, 6.45) is 6.12. The molecule has 9 heteroatoms. The number of nitrogens with zero attached hydrogens (tertiary/aromatic N) is 6. The van der Waals surface area contributed by atoms with E-state index in [4.69, 9.17) is 10.6 Å². The summed E-state index contributed by atoms with van der Waals surface area (Å²) in [5.41, 5.74) is 2.45. The Balaban J connectivity index is 1.48. The summed E-state index contributed by atoms with van der Waals surface area (Å²) in [5.74, 6) is 8.75. The van der Waals surface area contributed by atoms with Crippen LogP contribution in [0.2, 0.25) is 0 Å². The molecule has 0 unspecified atom stereocenters. The molecule has 0 bridgehead atoms. The van der Waals surface area contributed by atoms with Crippen molar-refractivity contribution in [3.63, 3.8) is 0 Å². The number of rotatable bonds is 9. The van der Waals surface area contributed by atoms with Gasteiger partial charge in [0, 0.05) is 24.9 Å². The van der Waals surface area contributed by atoms with Gasteiger partial charge in [0.05, 0.1) is 17.8 Å². The molecule has 0 saturated carbocycles. The van der Waals surface area contributed by atoms with Crippen LogP contribution in [-0.2, 0) is 11.2 Å². The number of fused-ring (bicyclic) bond motifs is 2. The number of H-pyrrole nitrogens is 1. The Bertz CT molecular complexity index is 1130. The van der Waals surface area contributed by atoms with E-state index < -0.39 is 0 Å². The lowest BCUT2D eigenvalue weighted by Crippen LogP contribution is -2.28. The predicted octanol–water partition coefficient (Wildman–Crippen LogP) is 3.95. The number of aromatic amines is 1. The first-order valence-corrected chi connectivity index (χ1v) is 10.8. The minimum absolute atomic E-state index is 0.326. The third-order valence-electron chi connectivity index (χ3n) is 5.38. The molecule has 0 fully saturated rings. The molecule has 0 radical (unpaired) electrons. The molecule has 1 aromatic carbocycles. The maximum absolute atomic E-state index is 5.81. The standard InChI is InChI=1S/C23H28N8O/c1-4-5-9-14-30-21-20(25-15-26-21)17(3)31-19(28-29-23(30)31)13-12-16(2)32-22(27-24)18-10-7-6-8-11-18/h6-8,10-11,15H,2-5,9,12-14,24H2,1H3,(H,25,26)/b27-22-. The summed E-state index contributed by atoms with van der Waals surface area (Å²) in [6.45, 7) is 11.3. The van der Waals surface area contributed by atoms with Crippen LogP contribution < -0.4 is 10.7 Å². The molecule has 0 aliphatic carbocycles. The Labute approximate surface area is 187 Å². The second kappa shape index (κ2) is 9.51. The lowest BCUT2D eigenvalue weighted by Gasteiger charge is -2.28. The number of benzene rings is 1. The zero-order valence-electron chi connectivity index (χ0n) is 18.3. The smallest absolute Gasteiger partial charge is 0.242 e. The fraction of sp³-hybridized carbons (Fsp3) is 0.304. The third-order valence-corrected chi connectivity index (χ3v) is 5.38. The van der Waals surface area contributed by atoms with Crippen LogP contribution >= 0.6 is 0 Å². The molecule has 0 amide bonds. The van der Waals surface area contributed by atoms with Crippen molar-refractivity contribution in [2.45, 2.75) is 39.0 Å². The number of hydrazone groups is 1. The van der Waals surface area contributed by atoms with Gasteiger partial charge in [-0.05, 0) is 18.6 Å². The largest absolute Gasteiger partial charge is 0.442 e. The second-order valence-corrected chi connectivity index (χ2v) is 7.60. The highest BCUT2D eigenvalue weighted by molar-refractivity contribution is 5.94. The summed E-state index contributed by atoms with van der Waals surface area (Å²) in [6, 6.07) is 9.48. The van der Waals surface area contributed by atoms with E-state index in [0.29, 0.717) is 24.5 Å². The summed E-state index contributed by atoms with van der Waals surface area (Å²) >= 11 is 0. The Hall–Kier alpha value is -3.88. The molecule has 32 heavy (non-hydrogen) atoms. The monoisotopic (exact) mass is 432 g/mol. The van der Waals surface area contributed by atoms with Gasteiger partial charge in [-0.2, -0.15) is 0 Å². The Morgan fingerprint density at radius 1 is 1.22 bits per heavy atom.